The minimum atomic E-state index is -0.310. The van der Waals surface area contributed by atoms with Crippen LogP contribution in [0.5, 0.6) is 5.75 Å². The molecule has 4 nitrogen and oxygen atoms in total. The van der Waals surface area contributed by atoms with Gasteiger partial charge in [-0.2, -0.15) is 4.98 Å². The van der Waals surface area contributed by atoms with Crippen molar-refractivity contribution < 1.29 is 4.74 Å². The molecule has 0 aliphatic heterocycles. The van der Waals surface area contributed by atoms with Crippen LogP contribution in [0.4, 0.5) is 0 Å². The highest BCUT2D eigenvalue weighted by molar-refractivity contribution is 6.31. The second kappa shape index (κ2) is 8.33. The number of ether oxygens (including phenoxy) is 1. The van der Waals surface area contributed by atoms with Gasteiger partial charge in [-0.3, -0.25) is 4.57 Å². The van der Waals surface area contributed by atoms with Gasteiger partial charge in [0.15, 0.2) is 0 Å². The van der Waals surface area contributed by atoms with Crippen molar-refractivity contribution in [1.82, 2.24) is 9.55 Å². The van der Waals surface area contributed by atoms with Gasteiger partial charge in [0.2, 0.25) is 0 Å². The van der Waals surface area contributed by atoms with E-state index in [4.69, 9.17) is 16.3 Å². The molecule has 30 heavy (non-hydrogen) atoms. The Morgan fingerprint density at radius 3 is 2.43 bits per heavy atom. The maximum Gasteiger partial charge on any atom is 0.348 e. The molecule has 5 heteroatoms. The summed E-state index contributed by atoms with van der Waals surface area (Å²) in [5, 5.41) is 1.48. The zero-order valence-electron chi connectivity index (χ0n) is 17.2. The van der Waals surface area contributed by atoms with Gasteiger partial charge in [-0.25, -0.2) is 4.79 Å². The van der Waals surface area contributed by atoms with Crippen LogP contribution in [0.3, 0.4) is 0 Å². The molecule has 0 saturated heterocycles. The largest absolute Gasteiger partial charge is 0.497 e. The van der Waals surface area contributed by atoms with Crippen LogP contribution in [0.25, 0.3) is 22.2 Å². The molecule has 0 unspecified atom stereocenters. The molecule has 0 N–H and O–H groups in total. The quantitative estimate of drug-likeness (QED) is 0.405. The van der Waals surface area contributed by atoms with Crippen molar-refractivity contribution in [3.05, 3.63) is 93.4 Å². The van der Waals surface area contributed by atoms with Crippen molar-refractivity contribution >= 4 is 22.5 Å². The van der Waals surface area contributed by atoms with Crippen LogP contribution < -0.4 is 10.4 Å². The first kappa shape index (κ1) is 20.2. The molecule has 0 fully saturated rings. The maximum atomic E-state index is 13.1. The minimum absolute atomic E-state index is 0.310. The predicted molar refractivity (Wildman–Crippen MR) is 123 cm³/mol. The molecular formula is C25H23ClN2O2. The lowest BCUT2D eigenvalue weighted by molar-refractivity contribution is 0.415. The van der Waals surface area contributed by atoms with Gasteiger partial charge in [0, 0.05) is 16.0 Å². The lowest BCUT2D eigenvalue weighted by Crippen LogP contribution is -2.24. The van der Waals surface area contributed by atoms with Crippen LogP contribution in [0.2, 0.25) is 5.02 Å². The van der Waals surface area contributed by atoms with Crippen molar-refractivity contribution in [2.75, 3.05) is 7.11 Å². The second-order valence-corrected chi connectivity index (χ2v) is 7.99. The molecule has 4 aromatic rings. The number of methoxy groups -OCH3 is 1. The zero-order valence-corrected chi connectivity index (χ0v) is 18.0. The van der Waals surface area contributed by atoms with Crippen molar-refractivity contribution in [3.8, 4) is 17.0 Å². The Balaban J connectivity index is 1.92. The molecule has 0 bridgehead atoms. The number of hydrogen-bond donors (Lipinski definition) is 0. The Kier molecular flexibility index (Phi) is 5.60. The van der Waals surface area contributed by atoms with E-state index in [2.05, 4.69) is 31.0 Å². The van der Waals surface area contributed by atoms with Crippen molar-refractivity contribution in [2.24, 2.45) is 0 Å². The Hall–Kier alpha value is -3.11. The summed E-state index contributed by atoms with van der Waals surface area (Å²) >= 11 is 6.34. The highest BCUT2D eigenvalue weighted by atomic mass is 35.5. The molecule has 1 heterocycles. The van der Waals surface area contributed by atoms with Crippen LogP contribution in [0, 0.1) is 0 Å². The van der Waals surface area contributed by atoms with E-state index in [0.29, 0.717) is 28.9 Å². The molecule has 1 aromatic heterocycles. The number of aromatic nitrogens is 2. The van der Waals surface area contributed by atoms with E-state index < -0.39 is 0 Å². The Morgan fingerprint density at radius 1 is 1.03 bits per heavy atom. The summed E-state index contributed by atoms with van der Waals surface area (Å²) in [6, 6.07) is 21.4. The first-order valence-electron chi connectivity index (χ1n) is 9.90. The van der Waals surface area contributed by atoms with Gasteiger partial charge < -0.3 is 4.74 Å². The number of hydrogen-bond acceptors (Lipinski definition) is 3. The molecule has 0 aliphatic carbocycles. The molecule has 0 amide bonds. The number of halogens is 1. The fraction of sp³-hybridized carbons (Fsp3) is 0.200. The van der Waals surface area contributed by atoms with E-state index in [0.717, 1.165) is 22.0 Å². The molecule has 152 valence electrons. The van der Waals surface area contributed by atoms with Crippen LogP contribution in [-0.4, -0.2) is 16.7 Å². The van der Waals surface area contributed by atoms with Gasteiger partial charge in [-0.1, -0.05) is 67.9 Å². The van der Waals surface area contributed by atoms with E-state index in [-0.39, 0.29) is 5.69 Å². The number of nitrogens with zero attached hydrogens (tertiary/aromatic N) is 2. The summed E-state index contributed by atoms with van der Waals surface area (Å²) in [5.74, 6) is 1.15. The molecule has 0 saturated carbocycles. The summed E-state index contributed by atoms with van der Waals surface area (Å²) in [5.41, 5.74) is 4.15. The molecule has 0 atom stereocenters. The molecule has 0 aliphatic rings. The summed E-state index contributed by atoms with van der Waals surface area (Å²) in [4.78, 5) is 17.5. The fourth-order valence-corrected chi connectivity index (χ4v) is 3.78. The number of benzene rings is 3. The third kappa shape index (κ3) is 3.83. The Labute approximate surface area is 180 Å². The van der Waals surface area contributed by atoms with Gasteiger partial charge in [0.05, 0.1) is 24.9 Å². The van der Waals surface area contributed by atoms with E-state index in [1.165, 1.54) is 5.56 Å². The normalized spacial score (nSPS) is 11.2. The third-order valence-electron chi connectivity index (χ3n) is 5.33. The van der Waals surface area contributed by atoms with Crippen molar-refractivity contribution in [3.63, 3.8) is 0 Å². The summed E-state index contributed by atoms with van der Waals surface area (Å²) in [6.45, 7) is 4.66. The Morgan fingerprint density at radius 2 is 1.77 bits per heavy atom. The average molecular weight is 419 g/mol. The SMILES string of the molecule is COc1ccc2c(c1)c(-c1ccc(C(C)C)cc1)nc(=O)n2Cc1ccccc1Cl. The van der Waals surface area contributed by atoms with Gasteiger partial charge in [-0.05, 0) is 41.3 Å². The average Bonchev–Trinajstić information content (AvgIpc) is 2.76. The third-order valence-corrected chi connectivity index (χ3v) is 5.69. The molecule has 3 aromatic carbocycles. The lowest BCUT2D eigenvalue weighted by atomic mass is 9.99. The fourth-order valence-electron chi connectivity index (χ4n) is 3.58. The molecular weight excluding hydrogens is 396 g/mol. The maximum absolute atomic E-state index is 13.1. The van der Waals surface area contributed by atoms with Crippen molar-refractivity contribution in [1.29, 1.82) is 0 Å². The highest BCUT2D eigenvalue weighted by Gasteiger charge is 2.15. The summed E-state index contributed by atoms with van der Waals surface area (Å²) in [6.07, 6.45) is 0. The van der Waals surface area contributed by atoms with Crippen LogP contribution >= 0.6 is 11.6 Å². The topological polar surface area (TPSA) is 44.1 Å². The van der Waals surface area contributed by atoms with E-state index in [1.54, 1.807) is 11.7 Å². The lowest BCUT2D eigenvalue weighted by Gasteiger charge is -2.15. The van der Waals surface area contributed by atoms with Crippen molar-refractivity contribution in [2.45, 2.75) is 26.3 Å². The summed E-state index contributed by atoms with van der Waals surface area (Å²) < 4.78 is 7.09. The van der Waals surface area contributed by atoms with E-state index >= 15 is 0 Å². The Bertz CT molecular complexity index is 1260. The minimum Gasteiger partial charge on any atom is -0.497 e. The zero-order chi connectivity index (χ0) is 21.3. The standard InChI is InChI=1S/C25H23ClN2O2/c1-16(2)17-8-10-18(11-9-17)24-21-14-20(30-3)12-13-23(21)28(25(29)27-24)15-19-6-4-5-7-22(19)26/h4-14,16H,15H2,1-3H3. The van der Waals surface area contributed by atoms with E-state index in [9.17, 15) is 4.79 Å². The van der Waals surface area contributed by atoms with Gasteiger partial charge >= 0.3 is 5.69 Å². The first-order chi connectivity index (χ1) is 14.5. The summed E-state index contributed by atoms with van der Waals surface area (Å²) in [7, 11) is 1.63. The first-order valence-corrected chi connectivity index (χ1v) is 10.3. The van der Waals surface area contributed by atoms with Crippen LogP contribution in [-0.2, 0) is 6.54 Å². The van der Waals surface area contributed by atoms with Crippen LogP contribution in [0.1, 0.15) is 30.9 Å². The van der Waals surface area contributed by atoms with Crippen LogP contribution in [0.15, 0.2) is 71.5 Å². The molecule has 0 radical (unpaired) electrons. The number of rotatable bonds is 5. The number of fused-ring (bicyclic) bond motifs is 1. The van der Waals surface area contributed by atoms with Gasteiger partial charge in [-0.15, -0.1) is 0 Å². The van der Waals surface area contributed by atoms with Gasteiger partial charge in [0.25, 0.3) is 0 Å². The highest BCUT2D eigenvalue weighted by Crippen LogP contribution is 2.30. The predicted octanol–water partition coefficient (Wildman–Crippen LogP) is 5.90. The molecule has 4 rings (SSSR count). The second-order valence-electron chi connectivity index (χ2n) is 7.58. The van der Waals surface area contributed by atoms with E-state index in [1.807, 2.05) is 54.6 Å². The van der Waals surface area contributed by atoms with Gasteiger partial charge in [0.1, 0.15) is 5.75 Å². The molecule has 0 spiro atoms. The smallest absolute Gasteiger partial charge is 0.348 e. The monoisotopic (exact) mass is 418 g/mol.